The predicted octanol–water partition coefficient (Wildman–Crippen LogP) is 2.48. The standard InChI is InChI=1S/C15H22N2O3/c1-3-7-17(8-4-2)10-15(18)16-12-5-6-13-14(9-12)20-11-19-13/h5-6,9H,3-4,7-8,10-11H2,1-2H3,(H,16,18). The molecule has 0 aromatic heterocycles. The molecule has 1 N–H and O–H groups in total. The molecule has 0 atom stereocenters. The van der Waals surface area contributed by atoms with Crippen molar-refractivity contribution in [3.63, 3.8) is 0 Å². The molecular weight excluding hydrogens is 256 g/mol. The van der Waals surface area contributed by atoms with E-state index in [1.165, 1.54) is 0 Å². The van der Waals surface area contributed by atoms with E-state index in [2.05, 4.69) is 24.1 Å². The monoisotopic (exact) mass is 278 g/mol. The first-order valence-corrected chi connectivity index (χ1v) is 7.14. The van der Waals surface area contributed by atoms with Crippen LogP contribution in [0.4, 0.5) is 5.69 Å². The Morgan fingerprint density at radius 2 is 1.90 bits per heavy atom. The second-order valence-electron chi connectivity index (χ2n) is 4.89. The van der Waals surface area contributed by atoms with E-state index in [4.69, 9.17) is 9.47 Å². The van der Waals surface area contributed by atoms with Gasteiger partial charge in [-0.1, -0.05) is 13.8 Å². The number of nitrogens with zero attached hydrogens (tertiary/aromatic N) is 1. The fourth-order valence-electron chi connectivity index (χ4n) is 2.28. The van der Waals surface area contributed by atoms with Crippen molar-refractivity contribution in [1.29, 1.82) is 0 Å². The first kappa shape index (κ1) is 14.7. The lowest BCUT2D eigenvalue weighted by Crippen LogP contribution is -2.34. The molecule has 0 saturated heterocycles. The number of carbonyl (C=O) groups excluding carboxylic acids is 1. The molecule has 5 heteroatoms. The van der Waals surface area contributed by atoms with Crippen molar-refractivity contribution in [3.8, 4) is 11.5 Å². The molecule has 1 heterocycles. The van der Waals surface area contributed by atoms with Gasteiger partial charge in [0.05, 0.1) is 6.54 Å². The van der Waals surface area contributed by atoms with E-state index in [1.807, 2.05) is 12.1 Å². The van der Waals surface area contributed by atoms with Crippen molar-refractivity contribution in [2.45, 2.75) is 26.7 Å². The molecule has 0 aliphatic carbocycles. The second-order valence-corrected chi connectivity index (χ2v) is 4.89. The summed E-state index contributed by atoms with van der Waals surface area (Å²) < 4.78 is 10.5. The Labute approximate surface area is 119 Å². The van der Waals surface area contributed by atoms with Crippen LogP contribution in [0.5, 0.6) is 11.5 Å². The summed E-state index contributed by atoms with van der Waals surface area (Å²) in [7, 11) is 0. The predicted molar refractivity (Wildman–Crippen MR) is 78.2 cm³/mol. The average molecular weight is 278 g/mol. The topological polar surface area (TPSA) is 50.8 Å². The number of anilines is 1. The molecule has 20 heavy (non-hydrogen) atoms. The third kappa shape index (κ3) is 3.87. The van der Waals surface area contributed by atoms with E-state index < -0.39 is 0 Å². The number of benzene rings is 1. The molecule has 5 nitrogen and oxygen atoms in total. The summed E-state index contributed by atoms with van der Waals surface area (Å²) >= 11 is 0. The summed E-state index contributed by atoms with van der Waals surface area (Å²) in [4.78, 5) is 14.2. The molecule has 0 saturated carbocycles. The Kier molecular flexibility index (Phi) is 5.24. The highest BCUT2D eigenvalue weighted by Crippen LogP contribution is 2.34. The fraction of sp³-hybridized carbons (Fsp3) is 0.533. The molecule has 1 aromatic rings. The van der Waals surface area contributed by atoms with Crippen LogP contribution in [0, 0.1) is 0 Å². The Morgan fingerprint density at radius 3 is 2.60 bits per heavy atom. The summed E-state index contributed by atoms with van der Waals surface area (Å²) in [5.41, 5.74) is 0.743. The number of fused-ring (bicyclic) bond motifs is 1. The largest absolute Gasteiger partial charge is 0.454 e. The third-order valence-electron chi connectivity index (χ3n) is 3.10. The zero-order chi connectivity index (χ0) is 14.4. The first-order valence-electron chi connectivity index (χ1n) is 7.14. The summed E-state index contributed by atoms with van der Waals surface area (Å²) in [5, 5.41) is 2.90. The third-order valence-corrected chi connectivity index (χ3v) is 3.10. The van der Waals surface area contributed by atoms with Gasteiger partial charge in [0.2, 0.25) is 12.7 Å². The molecular formula is C15H22N2O3. The number of rotatable bonds is 7. The minimum absolute atomic E-state index is 0.00534. The zero-order valence-electron chi connectivity index (χ0n) is 12.1. The number of nitrogens with one attached hydrogen (secondary N) is 1. The van der Waals surface area contributed by atoms with Crippen LogP contribution in [0.15, 0.2) is 18.2 Å². The van der Waals surface area contributed by atoms with Crippen LogP contribution in [0.1, 0.15) is 26.7 Å². The van der Waals surface area contributed by atoms with Crippen LogP contribution < -0.4 is 14.8 Å². The van der Waals surface area contributed by atoms with Gasteiger partial charge in [0.25, 0.3) is 0 Å². The van der Waals surface area contributed by atoms with Gasteiger partial charge in [0.15, 0.2) is 11.5 Å². The Balaban J connectivity index is 1.90. The Bertz CT molecular complexity index is 456. The Morgan fingerprint density at radius 1 is 1.20 bits per heavy atom. The minimum Gasteiger partial charge on any atom is -0.454 e. The van der Waals surface area contributed by atoms with Gasteiger partial charge in [-0.25, -0.2) is 0 Å². The fourth-order valence-corrected chi connectivity index (χ4v) is 2.28. The van der Waals surface area contributed by atoms with E-state index in [0.29, 0.717) is 12.3 Å². The molecule has 0 fully saturated rings. The average Bonchev–Trinajstić information content (AvgIpc) is 2.86. The number of carbonyl (C=O) groups is 1. The van der Waals surface area contributed by atoms with E-state index in [0.717, 1.165) is 37.4 Å². The normalized spacial score (nSPS) is 12.8. The van der Waals surface area contributed by atoms with Crippen LogP contribution >= 0.6 is 0 Å². The van der Waals surface area contributed by atoms with Crippen LogP contribution in [0.2, 0.25) is 0 Å². The van der Waals surface area contributed by atoms with E-state index in [-0.39, 0.29) is 12.7 Å². The van der Waals surface area contributed by atoms with Gasteiger partial charge < -0.3 is 14.8 Å². The van der Waals surface area contributed by atoms with Crippen molar-refractivity contribution >= 4 is 11.6 Å². The lowest BCUT2D eigenvalue weighted by molar-refractivity contribution is -0.117. The highest BCUT2D eigenvalue weighted by atomic mass is 16.7. The van der Waals surface area contributed by atoms with Gasteiger partial charge in [-0.05, 0) is 38.1 Å². The maximum absolute atomic E-state index is 12.0. The van der Waals surface area contributed by atoms with Gasteiger partial charge >= 0.3 is 0 Å². The molecule has 110 valence electrons. The first-order chi connectivity index (χ1) is 9.72. The molecule has 1 aliphatic heterocycles. The molecule has 2 rings (SSSR count). The van der Waals surface area contributed by atoms with Crippen molar-refractivity contribution in [3.05, 3.63) is 18.2 Å². The summed E-state index contributed by atoms with van der Waals surface area (Å²) in [6.45, 7) is 6.81. The van der Waals surface area contributed by atoms with E-state index in [1.54, 1.807) is 6.07 Å². The summed E-state index contributed by atoms with van der Waals surface area (Å²) in [6.07, 6.45) is 2.11. The SMILES string of the molecule is CCCN(CCC)CC(=O)Nc1ccc2c(c1)OCO2. The number of amides is 1. The quantitative estimate of drug-likeness (QED) is 0.832. The molecule has 1 amide bonds. The Hall–Kier alpha value is -1.75. The van der Waals surface area contributed by atoms with Crippen LogP contribution in [0.25, 0.3) is 0 Å². The number of ether oxygens (including phenoxy) is 2. The van der Waals surface area contributed by atoms with Gasteiger partial charge in [-0.15, -0.1) is 0 Å². The van der Waals surface area contributed by atoms with Crippen LogP contribution in [-0.4, -0.2) is 37.2 Å². The van der Waals surface area contributed by atoms with Gasteiger partial charge in [-0.2, -0.15) is 0 Å². The highest BCUT2D eigenvalue weighted by Gasteiger charge is 2.15. The van der Waals surface area contributed by atoms with Crippen molar-refractivity contribution in [1.82, 2.24) is 4.90 Å². The maximum Gasteiger partial charge on any atom is 0.238 e. The molecule has 0 bridgehead atoms. The molecule has 0 radical (unpaired) electrons. The van der Waals surface area contributed by atoms with Crippen molar-refractivity contribution in [2.75, 3.05) is 31.7 Å². The maximum atomic E-state index is 12.0. The lowest BCUT2D eigenvalue weighted by Gasteiger charge is -2.20. The van der Waals surface area contributed by atoms with Crippen molar-refractivity contribution in [2.24, 2.45) is 0 Å². The molecule has 1 aliphatic rings. The van der Waals surface area contributed by atoms with Crippen LogP contribution in [-0.2, 0) is 4.79 Å². The van der Waals surface area contributed by atoms with Crippen molar-refractivity contribution < 1.29 is 14.3 Å². The number of hydrogen-bond donors (Lipinski definition) is 1. The van der Waals surface area contributed by atoms with Gasteiger partial charge in [0.1, 0.15) is 0 Å². The highest BCUT2D eigenvalue weighted by molar-refractivity contribution is 5.92. The molecule has 1 aromatic carbocycles. The summed E-state index contributed by atoms with van der Waals surface area (Å²) in [6, 6.07) is 5.44. The second kappa shape index (κ2) is 7.14. The minimum atomic E-state index is 0.00534. The van der Waals surface area contributed by atoms with Gasteiger partial charge in [0, 0.05) is 11.8 Å². The van der Waals surface area contributed by atoms with Crippen LogP contribution in [0.3, 0.4) is 0 Å². The summed E-state index contributed by atoms with van der Waals surface area (Å²) in [5.74, 6) is 1.41. The van der Waals surface area contributed by atoms with E-state index in [9.17, 15) is 4.79 Å². The van der Waals surface area contributed by atoms with E-state index >= 15 is 0 Å². The zero-order valence-corrected chi connectivity index (χ0v) is 12.1. The molecule has 0 unspecified atom stereocenters. The lowest BCUT2D eigenvalue weighted by atomic mass is 10.2. The van der Waals surface area contributed by atoms with Gasteiger partial charge in [-0.3, -0.25) is 9.69 Å². The smallest absolute Gasteiger partial charge is 0.238 e. The molecule has 0 spiro atoms. The number of hydrogen-bond acceptors (Lipinski definition) is 4.